The monoisotopic (exact) mass is 311 g/mol. The van der Waals surface area contributed by atoms with Crippen LogP contribution in [0.15, 0.2) is 41.1 Å². The SMILES string of the molecule is Fc1cc(CNCCCn2cccn2)ccc1Br. The Hall–Kier alpha value is -1.20. The highest BCUT2D eigenvalue weighted by atomic mass is 79.9. The van der Waals surface area contributed by atoms with E-state index >= 15 is 0 Å². The Morgan fingerprint density at radius 2 is 2.28 bits per heavy atom. The maximum Gasteiger partial charge on any atom is 0.137 e. The lowest BCUT2D eigenvalue weighted by atomic mass is 10.2. The quantitative estimate of drug-likeness (QED) is 0.831. The number of benzene rings is 1. The first-order valence-electron chi connectivity index (χ1n) is 5.88. The number of rotatable bonds is 6. The summed E-state index contributed by atoms with van der Waals surface area (Å²) in [4.78, 5) is 0. The Morgan fingerprint density at radius 3 is 3.00 bits per heavy atom. The average molecular weight is 312 g/mol. The first-order valence-corrected chi connectivity index (χ1v) is 6.67. The van der Waals surface area contributed by atoms with Crippen molar-refractivity contribution < 1.29 is 4.39 Å². The zero-order chi connectivity index (χ0) is 12.8. The maximum absolute atomic E-state index is 13.3. The molecule has 0 aliphatic carbocycles. The minimum absolute atomic E-state index is 0.217. The molecular formula is C13H15BrFN3. The van der Waals surface area contributed by atoms with Gasteiger partial charge in [-0.1, -0.05) is 6.07 Å². The predicted octanol–water partition coefficient (Wildman–Crippen LogP) is 2.96. The molecule has 0 saturated carbocycles. The van der Waals surface area contributed by atoms with Crippen LogP contribution in [0.4, 0.5) is 4.39 Å². The number of hydrogen-bond donors (Lipinski definition) is 1. The zero-order valence-corrected chi connectivity index (χ0v) is 11.5. The summed E-state index contributed by atoms with van der Waals surface area (Å²) in [6.45, 7) is 2.47. The van der Waals surface area contributed by atoms with E-state index in [1.165, 1.54) is 0 Å². The fourth-order valence-corrected chi connectivity index (χ4v) is 1.93. The molecule has 2 aromatic rings. The van der Waals surface area contributed by atoms with Crippen molar-refractivity contribution in [1.82, 2.24) is 15.1 Å². The first-order chi connectivity index (χ1) is 8.75. The van der Waals surface area contributed by atoms with E-state index in [4.69, 9.17) is 0 Å². The molecule has 2 rings (SSSR count). The van der Waals surface area contributed by atoms with Crippen LogP contribution in [0.3, 0.4) is 0 Å². The fraction of sp³-hybridized carbons (Fsp3) is 0.308. The molecule has 1 aromatic carbocycles. The second-order valence-electron chi connectivity index (χ2n) is 4.05. The zero-order valence-electron chi connectivity index (χ0n) is 9.94. The van der Waals surface area contributed by atoms with Crippen molar-refractivity contribution in [3.05, 3.63) is 52.5 Å². The van der Waals surface area contributed by atoms with E-state index in [-0.39, 0.29) is 5.82 Å². The van der Waals surface area contributed by atoms with E-state index in [2.05, 4.69) is 26.3 Å². The largest absolute Gasteiger partial charge is 0.313 e. The van der Waals surface area contributed by atoms with Crippen LogP contribution in [0.25, 0.3) is 0 Å². The third kappa shape index (κ3) is 3.92. The van der Waals surface area contributed by atoms with Crippen LogP contribution in [0.5, 0.6) is 0 Å². The Balaban J connectivity index is 1.67. The number of aryl methyl sites for hydroxylation is 1. The molecule has 1 heterocycles. The highest BCUT2D eigenvalue weighted by Gasteiger charge is 2.00. The number of nitrogens with zero attached hydrogens (tertiary/aromatic N) is 2. The number of nitrogens with one attached hydrogen (secondary N) is 1. The minimum Gasteiger partial charge on any atom is -0.313 e. The molecule has 0 fully saturated rings. The highest BCUT2D eigenvalue weighted by Crippen LogP contribution is 2.16. The van der Waals surface area contributed by atoms with Gasteiger partial charge in [0.15, 0.2) is 0 Å². The van der Waals surface area contributed by atoms with Gasteiger partial charge in [-0.3, -0.25) is 4.68 Å². The van der Waals surface area contributed by atoms with Crippen molar-refractivity contribution in [3.63, 3.8) is 0 Å². The van der Waals surface area contributed by atoms with Gasteiger partial charge in [0, 0.05) is 25.5 Å². The number of halogens is 2. The van der Waals surface area contributed by atoms with Gasteiger partial charge in [-0.05, 0) is 52.7 Å². The van der Waals surface area contributed by atoms with Gasteiger partial charge < -0.3 is 5.32 Å². The summed E-state index contributed by atoms with van der Waals surface area (Å²) < 4.78 is 15.7. The molecule has 0 unspecified atom stereocenters. The van der Waals surface area contributed by atoms with Gasteiger partial charge in [-0.25, -0.2) is 4.39 Å². The third-order valence-electron chi connectivity index (χ3n) is 2.61. The van der Waals surface area contributed by atoms with E-state index in [0.29, 0.717) is 11.0 Å². The third-order valence-corrected chi connectivity index (χ3v) is 3.26. The van der Waals surface area contributed by atoms with Crippen molar-refractivity contribution >= 4 is 15.9 Å². The minimum atomic E-state index is -0.217. The van der Waals surface area contributed by atoms with Gasteiger partial charge in [0.2, 0.25) is 0 Å². The highest BCUT2D eigenvalue weighted by molar-refractivity contribution is 9.10. The number of hydrogen-bond acceptors (Lipinski definition) is 2. The molecule has 0 atom stereocenters. The van der Waals surface area contributed by atoms with E-state index in [1.54, 1.807) is 18.3 Å². The van der Waals surface area contributed by atoms with Crippen molar-refractivity contribution in [2.45, 2.75) is 19.5 Å². The topological polar surface area (TPSA) is 29.9 Å². The lowest BCUT2D eigenvalue weighted by molar-refractivity contribution is 0.542. The molecule has 1 aromatic heterocycles. The molecule has 96 valence electrons. The van der Waals surface area contributed by atoms with Gasteiger partial charge in [-0.2, -0.15) is 5.10 Å². The molecule has 0 amide bonds. The van der Waals surface area contributed by atoms with Crippen molar-refractivity contribution in [1.29, 1.82) is 0 Å². The lowest BCUT2D eigenvalue weighted by Gasteiger charge is -2.06. The standard InChI is InChI=1S/C13H15BrFN3/c14-12-4-3-11(9-13(12)15)10-16-5-1-7-18-8-2-6-17-18/h2-4,6,8-9,16H,1,5,7,10H2. The summed E-state index contributed by atoms with van der Waals surface area (Å²) in [5.74, 6) is -0.217. The predicted molar refractivity (Wildman–Crippen MR) is 72.7 cm³/mol. The van der Waals surface area contributed by atoms with Gasteiger partial charge in [0.25, 0.3) is 0 Å². The molecule has 1 N–H and O–H groups in total. The molecule has 5 heteroatoms. The van der Waals surface area contributed by atoms with Crippen LogP contribution >= 0.6 is 15.9 Å². The molecule has 3 nitrogen and oxygen atoms in total. The molecular weight excluding hydrogens is 297 g/mol. The Bertz CT molecular complexity index is 485. The second kappa shape index (κ2) is 6.66. The smallest absolute Gasteiger partial charge is 0.137 e. The Morgan fingerprint density at radius 1 is 1.39 bits per heavy atom. The van der Waals surface area contributed by atoms with Crippen LogP contribution in [0.1, 0.15) is 12.0 Å². The van der Waals surface area contributed by atoms with E-state index < -0.39 is 0 Å². The summed E-state index contributed by atoms with van der Waals surface area (Å²) >= 11 is 3.14. The van der Waals surface area contributed by atoms with Crippen LogP contribution < -0.4 is 5.32 Å². The van der Waals surface area contributed by atoms with E-state index in [0.717, 1.165) is 25.1 Å². The van der Waals surface area contributed by atoms with Crippen LogP contribution in [-0.4, -0.2) is 16.3 Å². The average Bonchev–Trinajstić information content (AvgIpc) is 2.86. The molecule has 0 aliphatic rings. The van der Waals surface area contributed by atoms with Gasteiger partial charge in [0.1, 0.15) is 5.82 Å². The summed E-state index contributed by atoms with van der Waals surface area (Å²) in [5.41, 5.74) is 0.954. The van der Waals surface area contributed by atoms with Gasteiger partial charge >= 0.3 is 0 Å². The van der Waals surface area contributed by atoms with E-state index in [9.17, 15) is 4.39 Å². The van der Waals surface area contributed by atoms with E-state index in [1.807, 2.05) is 23.0 Å². The van der Waals surface area contributed by atoms with Crippen molar-refractivity contribution in [3.8, 4) is 0 Å². The van der Waals surface area contributed by atoms with Crippen LogP contribution in [-0.2, 0) is 13.1 Å². The van der Waals surface area contributed by atoms with Crippen LogP contribution in [0.2, 0.25) is 0 Å². The first kappa shape index (κ1) is 13.2. The Labute approximate surface area is 114 Å². The molecule has 0 saturated heterocycles. The molecule has 0 radical (unpaired) electrons. The van der Waals surface area contributed by atoms with Gasteiger partial charge in [0.05, 0.1) is 4.47 Å². The normalized spacial score (nSPS) is 10.8. The maximum atomic E-state index is 13.3. The fourth-order valence-electron chi connectivity index (χ4n) is 1.68. The van der Waals surface area contributed by atoms with Crippen molar-refractivity contribution in [2.24, 2.45) is 0 Å². The van der Waals surface area contributed by atoms with Crippen LogP contribution in [0, 0.1) is 5.82 Å². The molecule has 0 aliphatic heterocycles. The summed E-state index contributed by atoms with van der Waals surface area (Å²) in [7, 11) is 0. The summed E-state index contributed by atoms with van der Waals surface area (Å²) in [6, 6.07) is 7.10. The molecule has 0 spiro atoms. The lowest BCUT2D eigenvalue weighted by Crippen LogP contribution is -2.16. The molecule has 0 bridgehead atoms. The summed E-state index contributed by atoms with van der Waals surface area (Å²) in [5, 5.41) is 7.42. The van der Waals surface area contributed by atoms with Crippen molar-refractivity contribution in [2.75, 3.05) is 6.54 Å². The Kier molecular flexibility index (Phi) is 4.90. The second-order valence-corrected chi connectivity index (χ2v) is 4.90. The van der Waals surface area contributed by atoms with Gasteiger partial charge in [-0.15, -0.1) is 0 Å². The molecule has 18 heavy (non-hydrogen) atoms. The summed E-state index contributed by atoms with van der Waals surface area (Å²) in [6.07, 6.45) is 4.73. The number of aromatic nitrogens is 2.